The van der Waals surface area contributed by atoms with Gasteiger partial charge in [-0.2, -0.15) is 0 Å². The van der Waals surface area contributed by atoms with Gasteiger partial charge in [-0.15, -0.1) is 0 Å². The highest BCUT2D eigenvalue weighted by atomic mass is 16.3. The number of aliphatic hydroxyl groups is 1. The van der Waals surface area contributed by atoms with Gasteiger partial charge in [0.2, 0.25) is 0 Å². The first-order valence-corrected chi connectivity index (χ1v) is 7.22. The molecule has 0 aliphatic heterocycles. The van der Waals surface area contributed by atoms with Gasteiger partial charge in [-0.25, -0.2) is 0 Å². The number of hydrogen-bond donors (Lipinski definition) is 2. The lowest BCUT2D eigenvalue weighted by molar-refractivity contribution is 0.124. The van der Waals surface area contributed by atoms with Crippen LogP contribution in [0.15, 0.2) is 0 Å². The Balaban J connectivity index is 3.08. The van der Waals surface area contributed by atoms with Gasteiger partial charge >= 0.3 is 0 Å². The van der Waals surface area contributed by atoms with E-state index in [0.29, 0.717) is 0 Å². The lowest BCUT2D eigenvalue weighted by Crippen LogP contribution is -2.29. The van der Waals surface area contributed by atoms with Crippen LogP contribution in [-0.2, 0) is 0 Å². The Kier molecular flexibility index (Phi) is 12.9. The summed E-state index contributed by atoms with van der Waals surface area (Å²) in [5.41, 5.74) is 0. The van der Waals surface area contributed by atoms with Gasteiger partial charge < -0.3 is 5.11 Å². The topological polar surface area (TPSA) is 32.3 Å². The summed E-state index contributed by atoms with van der Waals surface area (Å²) in [6.07, 6.45) is 12.1. The summed E-state index contributed by atoms with van der Waals surface area (Å²) in [4.78, 5) is 0. The summed E-state index contributed by atoms with van der Waals surface area (Å²) >= 11 is 0. The molecule has 0 bridgehead atoms. The predicted octanol–water partition coefficient (Wildman–Crippen LogP) is 3.84. The molecule has 0 aromatic rings. The Morgan fingerprint density at radius 3 is 2.06 bits per heavy atom. The van der Waals surface area contributed by atoms with Crippen LogP contribution in [0.2, 0.25) is 0 Å². The molecule has 0 aromatic heterocycles. The molecule has 1 unspecified atom stereocenters. The molecule has 2 N–H and O–H groups in total. The van der Waals surface area contributed by atoms with Crippen LogP contribution in [0.25, 0.3) is 0 Å². The fraction of sp³-hybridized carbons (Fsp3) is 1.00. The average molecular weight is 229 g/mol. The van der Waals surface area contributed by atoms with E-state index in [1.165, 1.54) is 51.4 Å². The molecule has 0 aliphatic rings. The van der Waals surface area contributed by atoms with Crippen LogP contribution in [0.1, 0.15) is 78.1 Å². The van der Waals surface area contributed by atoms with Crippen molar-refractivity contribution in [3.05, 3.63) is 0 Å². The monoisotopic (exact) mass is 229 g/mol. The molecule has 2 nitrogen and oxygen atoms in total. The fourth-order valence-electron chi connectivity index (χ4n) is 1.86. The zero-order valence-corrected chi connectivity index (χ0v) is 11.3. The molecule has 0 spiro atoms. The Morgan fingerprint density at radius 2 is 1.38 bits per heavy atom. The van der Waals surface area contributed by atoms with Crippen molar-refractivity contribution in [2.24, 2.45) is 0 Å². The molecule has 1 atom stereocenters. The third-order valence-electron chi connectivity index (χ3n) is 2.99. The fourth-order valence-corrected chi connectivity index (χ4v) is 1.86. The third kappa shape index (κ3) is 12.0. The van der Waals surface area contributed by atoms with Gasteiger partial charge in [0.1, 0.15) is 6.23 Å². The van der Waals surface area contributed by atoms with Gasteiger partial charge in [0.05, 0.1) is 0 Å². The van der Waals surface area contributed by atoms with Gasteiger partial charge in [0.15, 0.2) is 0 Å². The minimum atomic E-state index is -0.275. The van der Waals surface area contributed by atoms with Crippen LogP contribution < -0.4 is 5.32 Å². The molecule has 0 fully saturated rings. The number of rotatable bonds is 12. The summed E-state index contributed by atoms with van der Waals surface area (Å²) in [5.74, 6) is 0. The summed E-state index contributed by atoms with van der Waals surface area (Å²) in [6, 6.07) is 0. The zero-order valence-electron chi connectivity index (χ0n) is 11.3. The molecule has 0 saturated carbocycles. The van der Waals surface area contributed by atoms with Crippen LogP contribution in [0.4, 0.5) is 0 Å². The lowest BCUT2D eigenvalue weighted by atomic mass is 10.1. The van der Waals surface area contributed by atoms with Gasteiger partial charge in [-0.3, -0.25) is 5.32 Å². The van der Waals surface area contributed by atoms with E-state index in [1.807, 2.05) is 0 Å². The predicted molar refractivity (Wildman–Crippen MR) is 71.5 cm³/mol. The number of unbranched alkanes of at least 4 members (excludes halogenated alkanes) is 7. The second-order valence-corrected chi connectivity index (χ2v) is 4.73. The highest BCUT2D eigenvalue weighted by Crippen LogP contribution is 2.07. The van der Waals surface area contributed by atoms with E-state index in [-0.39, 0.29) is 6.23 Å². The molecule has 0 aliphatic carbocycles. The van der Waals surface area contributed by atoms with E-state index < -0.39 is 0 Å². The second kappa shape index (κ2) is 13.0. The van der Waals surface area contributed by atoms with Crippen molar-refractivity contribution in [2.45, 2.75) is 84.3 Å². The first-order chi connectivity index (χ1) is 7.81. The Morgan fingerprint density at radius 1 is 0.812 bits per heavy atom. The number of nitrogens with one attached hydrogen (secondary N) is 1. The molecule has 98 valence electrons. The molecule has 0 radical (unpaired) electrons. The van der Waals surface area contributed by atoms with Gasteiger partial charge in [0, 0.05) is 0 Å². The van der Waals surface area contributed by atoms with Crippen molar-refractivity contribution < 1.29 is 5.11 Å². The van der Waals surface area contributed by atoms with Crippen molar-refractivity contribution in [3.63, 3.8) is 0 Å². The number of aliphatic hydroxyl groups excluding tert-OH is 1. The summed E-state index contributed by atoms with van der Waals surface area (Å²) < 4.78 is 0. The van der Waals surface area contributed by atoms with Crippen molar-refractivity contribution >= 4 is 0 Å². The quantitative estimate of drug-likeness (QED) is 0.394. The molecule has 0 saturated heterocycles. The average Bonchev–Trinajstić information content (AvgIpc) is 2.29. The molecular formula is C14H31NO. The Hall–Kier alpha value is -0.0800. The Bertz CT molecular complexity index is 128. The highest BCUT2D eigenvalue weighted by Gasteiger charge is 2.01. The largest absolute Gasteiger partial charge is 0.379 e. The van der Waals surface area contributed by atoms with E-state index in [1.54, 1.807) is 0 Å². The minimum Gasteiger partial charge on any atom is -0.379 e. The van der Waals surface area contributed by atoms with Crippen LogP contribution in [0.3, 0.4) is 0 Å². The summed E-state index contributed by atoms with van der Waals surface area (Å²) in [5, 5.41) is 12.8. The van der Waals surface area contributed by atoms with Gasteiger partial charge in [-0.05, 0) is 25.8 Å². The van der Waals surface area contributed by atoms with E-state index in [0.717, 1.165) is 19.4 Å². The van der Waals surface area contributed by atoms with E-state index in [2.05, 4.69) is 19.2 Å². The molecule has 0 heterocycles. The first kappa shape index (κ1) is 15.9. The van der Waals surface area contributed by atoms with Crippen LogP contribution in [-0.4, -0.2) is 17.9 Å². The molecule has 0 rings (SSSR count). The van der Waals surface area contributed by atoms with Gasteiger partial charge in [-0.1, -0.05) is 58.8 Å². The van der Waals surface area contributed by atoms with Crippen LogP contribution in [0.5, 0.6) is 0 Å². The van der Waals surface area contributed by atoms with Gasteiger partial charge in [0.25, 0.3) is 0 Å². The van der Waals surface area contributed by atoms with Crippen molar-refractivity contribution in [3.8, 4) is 0 Å². The van der Waals surface area contributed by atoms with E-state index in [9.17, 15) is 5.11 Å². The maximum atomic E-state index is 9.64. The van der Waals surface area contributed by atoms with Crippen molar-refractivity contribution in [2.75, 3.05) is 6.54 Å². The van der Waals surface area contributed by atoms with Crippen molar-refractivity contribution in [1.29, 1.82) is 0 Å². The molecule has 0 amide bonds. The summed E-state index contributed by atoms with van der Waals surface area (Å²) in [6.45, 7) is 5.40. The van der Waals surface area contributed by atoms with E-state index >= 15 is 0 Å². The molecule has 16 heavy (non-hydrogen) atoms. The smallest absolute Gasteiger partial charge is 0.104 e. The third-order valence-corrected chi connectivity index (χ3v) is 2.99. The normalized spacial score (nSPS) is 12.9. The number of hydrogen-bond acceptors (Lipinski definition) is 2. The highest BCUT2D eigenvalue weighted by molar-refractivity contribution is 4.55. The zero-order chi connectivity index (χ0) is 12.1. The lowest BCUT2D eigenvalue weighted by Gasteiger charge is -2.12. The SMILES string of the molecule is CCCCCCCCC(O)NCCCCC. The standard InChI is InChI=1S/C14H31NO/c1-3-5-7-8-9-10-12-14(16)15-13-11-6-4-2/h14-16H,3-13H2,1-2H3. The maximum Gasteiger partial charge on any atom is 0.104 e. The summed E-state index contributed by atoms with van der Waals surface area (Å²) in [7, 11) is 0. The van der Waals surface area contributed by atoms with Crippen LogP contribution >= 0.6 is 0 Å². The van der Waals surface area contributed by atoms with Crippen LogP contribution in [0, 0.1) is 0 Å². The second-order valence-electron chi connectivity index (χ2n) is 4.73. The molecule has 0 aromatic carbocycles. The minimum absolute atomic E-state index is 0.275. The first-order valence-electron chi connectivity index (χ1n) is 7.22. The Labute approximate surface area is 102 Å². The van der Waals surface area contributed by atoms with Crippen molar-refractivity contribution in [1.82, 2.24) is 5.32 Å². The molecular weight excluding hydrogens is 198 g/mol. The van der Waals surface area contributed by atoms with E-state index in [4.69, 9.17) is 0 Å². The maximum absolute atomic E-state index is 9.64. The molecule has 2 heteroatoms.